The van der Waals surface area contributed by atoms with Crippen molar-refractivity contribution in [2.75, 3.05) is 0 Å². The van der Waals surface area contributed by atoms with Crippen molar-refractivity contribution in [3.05, 3.63) is 0 Å². The minimum atomic E-state index is -0.727. The quantitative estimate of drug-likeness (QED) is 0.528. The van der Waals surface area contributed by atoms with Crippen molar-refractivity contribution < 1.29 is 8.78 Å². The lowest BCUT2D eigenvalue weighted by Gasteiger charge is -2.02. The van der Waals surface area contributed by atoms with E-state index in [0.717, 1.165) is 12.8 Å². The van der Waals surface area contributed by atoms with E-state index in [-0.39, 0.29) is 0 Å². The first kappa shape index (κ1) is 9.86. The fraction of sp³-hybridized carbons (Fsp3) is 1.00. The second-order valence-corrected chi connectivity index (χ2v) is 2.85. The highest BCUT2D eigenvalue weighted by molar-refractivity contribution is 4.52. The molecule has 0 aromatic rings. The second-order valence-electron chi connectivity index (χ2n) is 2.85. The van der Waals surface area contributed by atoms with Crippen LogP contribution in [-0.2, 0) is 0 Å². The fourth-order valence-electron chi connectivity index (χ4n) is 0.851. The number of alkyl halides is 2. The van der Waals surface area contributed by atoms with Gasteiger partial charge >= 0.3 is 0 Å². The maximum atomic E-state index is 12.1. The lowest BCUT2D eigenvalue weighted by molar-refractivity contribution is 0.304. The minimum Gasteiger partial charge on any atom is -0.248 e. The average molecular weight is 150 g/mol. The number of rotatable bonds is 5. The molecule has 2 atom stereocenters. The Kier molecular flexibility index (Phi) is 5.55. The van der Waals surface area contributed by atoms with Gasteiger partial charge in [-0.25, -0.2) is 8.78 Å². The Morgan fingerprint density at radius 3 is 1.40 bits per heavy atom. The summed E-state index contributed by atoms with van der Waals surface area (Å²) in [6.07, 6.45) is 1.32. The molecule has 0 heterocycles. The Hall–Kier alpha value is -0.140. The second kappa shape index (κ2) is 5.63. The van der Waals surface area contributed by atoms with Gasteiger partial charge in [-0.05, 0) is 26.7 Å². The molecule has 2 unspecified atom stereocenters. The van der Waals surface area contributed by atoms with Gasteiger partial charge in [-0.2, -0.15) is 0 Å². The van der Waals surface area contributed by atoms with E-state index in [1.165, 1.54) is 0 Å². The van der Waals surface area contributed by atoms with Gasteiger partial charge in [-0.1, -0.05) is 12.8 Å². The number of hydrogen-bond donors (Lipinski definition) is 0. The zero-order chi connectivity index (χ0) is 7.98. The van der Waals surface area contributed by atoms with Crippen LogP contribution in [0.1, 0.15) is 39.5 Å². The summed E-state index contributed by atoms with van der Waals surface area (Å²) in [6.45, 7) is 3.08. The molecule has 0 amide bonds. The third-order valence-electron chi connectivity index (χ3n) is 1.45. The normalized spacial score (nSPS) is 16.8. The van der Waals surface area contributed by atoms with Crippen LogP contribution in [0.2, 0.25) is 0 Å². The summed E-state index contributed by atoms with van der Waals surface area (Å²) in [7, 11) is 0. The summed E-state index contributed by atoms with van der Waals surface area (Å²) in [5.41, 5.74) is 0. The Bertz CT molecular complexity index is 59.7. The molecular weight excluding hydrogens is 134 g/mol. The van der Waals surface area contributed by atoms with E-state index in [9.17, 15) is 8.78 Å². The first-order valence-electron chi connectivity index (χ1n) is 3.91. The molecule has 0 nitrogen and oxygen atoms in total. The van der Waals surface area contributed by atoms with Gasteiger partial charge in [0, 0.05) is 0 Å². The minimum absolute atomic E-state index is 0.576. The number of unbranched alkanes of at least 4 members (excludes halogenated alkanes) is 1. The standard InChI is InChI=1S/C8H16F2/c1-7(9)5-3-4-6-8(2)10/h7-8H,3-6H2,1-2H3. The molecule has 0 aromatic carbocycles. The number of hydrogen-bond acceptors (Lipinski definition) is 0. The van der Waals surface area contributed by atoms with Gasteiger partial charge in [-0.3, -0.25) is 0 Å². The van der Waals surface area contributed by atoms with Crippen molar-refractivity contribution in [2.24, 2.45) is 0 Å². The molecule has 0 aliphatic carbocycles. The van der Waals surface area contributed by atoms with Gasteiger partial charge in [0.05, 0.1) is 12.3 Å². The van der Waals surface area contributed by atoms with Gasteiger partial charge in [0.15, 0.2) is 0 Å². The summed E-state index contributed by atoms with van der Waals surface area (Å²) < 4.78 is 24.3. The van der Waals surface area contributed by atoms with Crippen LogP contribution in [0, 0.1) is 0 Å². The number of halogens is 2. The van der Waals surface area contributed by atoms with E-state index < -0.39 is 12.3 Å². The highest BCUT2D eigenvalue weighted by Gasteiger charge is 2.00. The van der Waals surface area contributed by atoms with E-state index in [1.807, 2.05) is 0 Å². The Morgan fingerprint density at radius 1 is 0.900 bits per heavy atom. The third kappa shape index (κ3) is 7.86. The Morgan fingerprint density at radius 2 is 1.20 bits per heavy atom. The molecule has 0 saturated carbocycles. The third-order valence-corrected chi connectivity index (χ3v) is 1.45. The molecule has 0 rings (SSSR count). The predicted octanol–water partition coefficient (Wildman–Crippen LogP) is 3.26. The van der Waals surface area contributed by atoms with Crippen molar-refractivity contribution in [3.8, 4) is 0 Å². The molecule has 0 spiro atoms. The molecule has 0 radical (unpaired) electrons. The fourth-order valence-corrected chi connectivity index (χ4v) is 0.851. The van der Waals surface area contributed by atoms with Gasteiger partial charge in [0.1, 0.15) is 0 Å². The summed E-state index contributed by atoms with van der Waals surface area (Å²) in [5.74, 6) is 0. The SMILES string of the molecule is CC(F)CCCCC(C)F. The van der Waals surface area contributed by atoms with Crippen LogP contribution < -0.4 is 0 Å². The van der Waals surface area contributed by atoms with Crippen LogP contribution in [0.15, 0.2) is 0 Å². The molecule has 0 aliphatic rings. The van der Waals surface area contributed by atoms with Crippen molar-refractivity contribution in [2.45, 2.75) is 51.9 Å². The van der Waals surface area contributed by atoms with Crippen LogP contribution in [0.3, 0.4) is 0 Å². The lowest BCUT2D eigenvalue weighted by atomic mass is 10.1. The maximum absolute atomic E-state index is 12.1. The molecule has 62 valence electrons. The molecule has 0 aliphatic heterocycles. The molecule has 0 fully saturated rings. The smallest absolute Gasteiger partial charge is 0.0973 e. The van der Waals surface area contributed by atoms with Gasteiger partial charge in [0.2, 0.25) is 0 Å². The van der Waals surface area contributed by atoms with Crippen molar-refractivity contribution >= 4 is 0 Å². The molecule has 0 N–H and O–H groups in total. The monoisotopic (exact) mass is 150 g/mol. The van der Waals surface area contributed by atoms with Gasteiger partial charge in [0.25, 0.3) is 0 Å². The van der Waals surface area contributed by atoms with Crippen LogP contribution >= 0.6 is 0 Å². The van der Waals surface area contributed by atoms with E-state index in [1.54, 1.807) is 13.8 Å². The molecule has 0 bridgehead atoms. The van der Waals surface area contributed by atoms with Crippen LogP contribution in [0.5, 0.6) is 0 Å². The van der Waals surface area contributed by atoms with E-state index in [4.69, 9.17) is 0 Å². The average Bonchev–Trinajstić information content (AvgIpc) is 1.79. The Balaban J connectivity index is 2.91. The zero-order valence-electron chi connectivity index (χ0n) is 6.74. The molecule has 0 saturated heterocycles. The van der Waals surface area contributed by atoms with Crippen molar-refractivity contribution in [3.63, 3.8) is 0 Å². The first-order valence-corrected chi connectivity index (χ1v) is 3.91. The molecule has 0 aromatic heterocycles. The van der Waals surface area contributed by atoms with Gasteiger partial charge in [-0.15, -0.1) is 0 Å². The largest absolute Gasteiger partial charge is 0.248 e. The predicted molar refractivity (Wildman–Crippen MR) is 39.6 cm³/mol. The Labute approximate surface area is 61.6 Å². The van der Waals surface area contributed by atoms with Crippen molar-refractivity contribution in [1.29, 1.82) is 0 Å². The molecule has 2 heteroatoms. The van der Waals surface area contributed by atoms with E-state index >= 15 is 0 Å². The summed E-state index contributed by atoms with van der Waals surface area (Å²) in [6, 6.07) is 0. The molecular formula is C8H16F2. The molecule has 10 heavy (non-hydrogen) atoms. The highest BCUT2D eigenvalue weighted by Crippen LogP contribution is 2.08. The lowest BCUT2D eigenvalue weighted by Crippen LogP contribution is -1.95. The van der Waals surface area contributed by atoms with E-state index in [2.05, 4.69) is 0 Å². The van der Waals surface area contributed by atoms with Crippen LogP contribution in [0.4, 0.5) is 8.78 Å². The maximum Gasteiger partial charge on any atom is 0.0973 e. The highest BCUT2D eigenvalue weighted by atomic mass is 19.1. The van der Waals surface area contributed by atoms with Crippen molar-refractivity contribution in [1.82, 2.24) is 0 Å². The summed E-state index contributed by atoms with van der Waals surface area (Å²) >= 11 is 0. The van der Waals surface area contributed by atoms with Crippen LogP contribution in [-0.4, -0.2) is 12.3 Å². The summed E-state index contributed by atoms with van der Waals surface area (Å²) in [5, 5.41) is 0. The first-order chi connectivity index (χ1) is 4.63. The zero-order valence-corrected chi connectivity index (χ0v) is 6.74. The van der Waals surface area contributed by atoms with Crippen LogP contribution in [0.25, 0.3) is 0 Å². The van der Waals surface area contributed by atoms with Gasteiger partial charge < -0.3 is 0 Å². The van der Waals surface area contributed by atoms with E-state index in [0.29, 0.717) is 12.8 Å². The topological polar surface area (TPSA) is 0 Å². The summed E-state index contributed by atoms with van der Waals surface area (Å²) in [4.78, 5) is 0.